The van der Waals surface area contributed by atoms with Crippen molar-refractivity contribution in [2.24, 2.45) is 0 Å². The van der Waals surface area contributed by atoms with Crippen LogP contribution in [0.25, 0.3) is 0 Å². The second kappa shape index (κ2) is 7.63. The predicted octanol–water partition coefficient (Wildman–Crippen LogP) is 2.44. The van der Waals surface area contributed by atoms with Gasteiger partial charge in [-0.3, -0.25) is 9.59 Å². The van der Waals surface area contributed by atoms with E-state index in [1.54, 1.807) is 19.9 Å². The van der Waals surface area contributed by atoms with Gasteiger partial charge in [-0.2, -0.15) is 4.31 Å². The number of pyridine rings is 1. The Hall–Kier alpha value is -1.77. The van der Waals surface area contributed by atoms with Crippen LogP contribution in [-0.4, -0.2) is 36.2 Å². The van der Waals surface area contributed by atoms with Gasteiger partial charge in [0.2, 0.25) is 10.0 Å². The normalized spacial score (nSPS) is 11.9. The molecule has 0 aromatic carbocycles. The number of carbonyl (C=O) groups is 1. The number of aryl methyl sites for hydroxylation is 2. The van der Waals surface area contributed by atoms with E-state index in [0.717, 1.165) is 14.3 Å². The average molecular weight is 383 g/mol. The summed E-state index contributed by atoms with van der Waals surface area (Å²) in [5.74, 6) is -0.207. The third kappa shape index (κ3) is 4.08. The summed E-state index contributed by atoms with van der Waals surface area (Å²) in [7, 11) is -3.68. The van der Waals surface area contributed by atoms with Crippen LogP contribution in [0.4, 0.5) is 0 Å². The topological polar surface area (TPSA) is 76.5 Å². The molecule has 0 aliphatic carbocycles. The van der Waals surface area contributed by atoms with Crippen LogP contribution < -0.4 is 5.56 Å². The maximum atomic E-state index is 12.6. The van der Waals surface area contributed by atoms with E-state index in [1.807, 2.05) is 13.8 Å². The van der Waals surface area contributed by atoms with Crippen LogP contribution in [0.15, 0.2) is 34.1 Å². The zero-order valence-electron chi connectivity index (χ0n) is 14.8. The van der Waals surface area contributed by atoms with Crippen LogP contribution >= 0.6 is 11.3 Å². The Labute approximate surface area is 151 Å². The number of aromatic nitrogens is 1. The second-order valence-electron chi connectivity index (χ2n) is 5.67. The van der Waals surface area contributed by atoms with Crippen LogP contribution in [0, 0.1) is 13.8 Å². The molecule has 0 unspecified atom stereocenters. The third-order valence-electron chi connectivity index (χ3n) is 3.95. The monoisotopic (exact) mass is 382 g/mol. The molecule has 0 fully saturated rings. The number of rotatable bonds is 7. The molecule has 0 aliphatic heterocycles. The van der Waals surface area contributed by atoms with E-state index >= 15 is 0 Å². The number of hydrogen-bond donors (Lipinski definition) is 0. The van der Waals surface area contributed by atoms with Crippen LogP contribution in [0.3, 0.4) is 0 Å². The van der Waals surface area contributed by atoms with Gasteiger partial charge in [-0.05, 0) is 26.0 Å². The van der Waals surface area contributed by atoms with Crippen molar-refractivity contribution in [2.75, 3.05) is 13.1 Å². The zero-order valence-corrected chi connectivity index (χ0v) is 16.4. The summed E-state index contributed by atoms with van der Waals surface area (Å²) in [4.78, 5) is 26.5. The van der Waals surface area contributed by atoms with Crippen molar-refractivity contribution < 1.29 is 13.2 Å². The smallest absolute Gasteiger partial charge is 0.251 e. The summed E-state index contributed by atoms with van der Waals surface area (Å²) in [5, 5.41) is 0. The molecule has 2 aromatic heterocycles. The fourth-order valence-electron chi connectivity index (χ4n) is 2.65. The minimum absolute atomic E-state index is 0.0156. The summed E-state index contributed by atoms with van der Waals surface area (Å²) in [6, 6.07) is 4.27. The van der Waals surface area contributed by atoms with Gasteiger partial charge in [0.25, 0.3) is 5.56 Å². The number of carbonyl (C=O) groups excluding carboxylic acids is 1. The Morgan fingerprint density at radius 2 is 1.84 bits per heavy atom. The van der Waals surface area contributed by atoms with Gasteiger partial charge in [0.1, 0.15) is 0 Å². The van der Waals surface area contributed by atoms with Crippen LogP contribution in [-0.2, 0) is 16.6 Å². The molecule has 0 atom stereocenters. The molecule has 0 aliphatic rings. The van der Waals surface area contributed by atoms with Gasteiger partial charge < -0.3 is 4.57 Å². The Morgan fingerprint density at radius 1 is 1.20 bits per heavy atom. The molecule has 0 saturated heterocycles. The predicted molar refractivity (Wildman–Crippen MR) is 98.9 cm³/mol. The highest BCUT2D eigenvalue weighted by Crippen LogP contribution is 2.21. The maximum absolute atomic E-state index is 12.6. The summed E-state index contributed by atoms with van der Waals surface area (Å²) in [6.07, 6.45) is 1.25. The molecular formula is C17H22N2O4S2. The van der Waals surface area contributed by atoms with Crippen molar-refractivity contribution in [2.45, 2.75) is 39.1 Å². The largest absolute Gasteiger partial charge is 0.306 e. The SMILES string of the molecule is CCN(CC)S(=O)(=O)c1ccc(=O)n(CC(=O)c2cc(C)sc2C)c1. The van der Waals surface area contributed by atoms with Crippen molar-refractivity contribution in [1.29, 1.82) is 0 Å². The number of hydrogen-bond acceptors (Lipinski definition) is 5. The first-order valence-electron chi connectivity index (χ1n) is 8.01. The lowest BCUT2D eigenvalue weighted by Crippen LogP contribution is -2.32. The van der Waals surface area contributed by atoms with Crippen molar-refractivity contribution in [3.8, 4) is 0 Å². The summed E-state index contributed by atoms with van der Waals surface area (Å²) in [6.45, 7) is 7.77. The molecule has 2 heterocycles. The maximum Gasteiger partial charge on any atom is 0.251 e. The summed E-state index contributed by atoms with van der Waals surface area (Å²) < 4.78 is 27.7. The lowest BCUT2D eigenvalue weighted by atomic mass is 10.1. The first-order chi connectivity index (χ1) is 11.7. The van der Waals surface area contributed by atoms with Crippen molar-refractivity contribution in [3.05, 3.63) is 50.1 Å². The lowest BCUT2D eigenvalue weighted by Gasteiger charge is -2.18. The number of thiophene rings is 1. The summed E-state index contributed by atoms with van der Waals surface area (Å²) in [5.41, 5.74) is 0.169. The molecule has 0 saturated carbocycles. The molecule has 0 bridgehead atoms. The van der Waals surface area contributed by atoms with Crippen LogP contribution in [0.2, 0.25) is 0 Å². The quantitative estimate of drug-likeness (QED) is 0.689. The van der Waals surface area contributed by atoms with Crippen LogP contribution in [0.5, 0.6) is 0 Å². The molecule has 136 valence electrons. The molecule has 2 aromatic rings. The molecule has 0 spiro atoms. The fraction of sp³-hybridized carbons (Fsp3) is 0.412. The Morgan fingerprint density at radius 3 is 2.36 bits per heavy atom. The second-order valence-corrected chi connectivity index (χ2v) is 9.07. The van der Waals surface area contributed by atoms with E-state index in [2.05, 4.69) is 0 Å². The average Bonchev–Trinajstić information content (AvgIpc) is 2.88. The summed E-state index contributed by atoms with van der Waals surface area (Å²) >= 11 is 1.52. The van der Waals surface area contributed by atoms with Gasteiger partial charge in [-0.15, -0.1) is 11.3 Å². The van der Waals surface area contributed by atoms with E-state index in [4.69, 9.17) is 0 Å². The van der Waals surface area contributed by atoms with Crippen molar-refractivity contribution in [3.63, 3.8) is 0 Å². The molecule has 6 nitrogen and oxygen atoms in total. The standard InChI is InChI=1S/C17H22N2O4S2/c1-5-19(6-2)25(22,23)14-7-8-17(21)18(10-14)11-16(20)15-9-12(3)24-13(15)4/h7-10H,5-6,11H2,1-4H3. The van der Waals surface area contributed by atoms with Gasteiger partial charge >= 0.3 is 0 Å². The van der Waals surface area contributed by atoms with Gasteiger partial charge in [-0.25, -0.2) is 8.42 Å². The van der Waals surface area contributed by atoms with Gasteiger partial charge in [0, 0.05) is 40.7 Å². The fourth-order valence-corrected chi connectivity index (χ4v) is 5.07. The van der Waals surface area contributed by atoms with E-state index in [1.165, 1.54) is 34.0 Å². The molecule has 2 rings (SSSR count). The van der Waals surface area contributed by atoms with E-state index < -0.39 is 15.6 Å². The van der Waals surface area contributed by atoms with Gasteiger partial charge in [0.05, 0.1) is 11.4 Å². The molecule has 0 amide bonds. The Balaban J connectivity index is 2.39. The molecule has 8 heteroatoms. The Bertz CT molecular complexity index is 938. The molecule has 0 radical (unpaired) electrons. The minimum atomic E-state index is -3.68. The molecule has 25 heavy (non-hydrogen) atoms. The highest BCUT2D eigenvalue weighted by molar-refractivity contribution is 7.89. The number of ketones is 1. The van der Waals surface area contributed by atoms with Gasteiger partial charge in [-0.1, -0.05) is 13.8 Å². The zero-order chi connectivity index (χ0) is 18.8. The first-order valence-corrected chi connectivity index (χ1v) is 10.3. The van der Waals surface area contributed by atoms with Crippen molar-refractivity contribution >= 4 is 27.1 Å². The first kappa shape index (κ1) is 19.6. The van der Waals surface area contributed by atoms with Crippen LogP contribution in [0.1, 0.15) is 34.0 Å². The van der Waals surface area contributed by atoms with E-state index in [-0.39, 0.29) is 17.2 Å². The van der Waals surface area contributed by atoms with Gasteiger partial charge in [0.15, 0.2) is 5.78 Å². The Kier molecular flexibility index (Phi) is 5.97. The third-order valence-corrected chi connectivity index (χ3v) is 6.95. The van der Waals surface area contributed by atoms with E-state index in [9.17, 15) is 18.0 Å². The van der Waals surface area contributed by atoms with E-state index in [0.29, 0.717) is 18.7 Å². The lowest BCUT2D eigenvalue weighted by molar-refractivity contribution is 0.0970. The highest BCUT2D eigenvalue weighted by Gasteiger charge is 2.23. The molecule has 0 N–H and O–H groups in total. The number of nitrogens with zero attached hydrogens (tertiary/aromatic N) is 2. The number of Topliss-reactive ketones (excluding diaryl/α,β-unsaturated/α-hetero) is 1. The molecular weight excluding hydrogens is 360 g/mol. The number of sulfonamides is 1. The minimum Gasteiger partial charge on any atom is -0.306 e. The van der Waals surface area contributed by atoms with Crippen molar-refractivity contribution in [1.82, 2.24) is 8.87 Å². The highest BCUT2D eigenvalue weighted by atomic mass is 32.2.